The predicted molar refractivity (Wildman–Crippen MR) is 270 cm³/mol. The number of carboxylic acid groups (broad SMARTS) is 1. The minimum atomic E-state index is -0.885. The first-order valence-electron chi connectivity index (χ1n) is 25.6. The molecule has 0 rings (SSSR count). The highest BCUT2D eigenvalue weighted by Crippen LogP contribution is 2.14. The Hall–Kier alpha value is -3.49. The number of hydrogen-bond acceptors (Lipinski definition) is 6. The third-order valence-corrected chi connectivity index (χ3v) is 11.0. The number of ether oxygens (including phenoxy) is 3. The SMILES string of the molecule is CC/C=C/C/C=C/C/C=C/C/C=C/C/C=C/C/C=C/CCCC(=O)OCC(COCCC(C(=O)O)[N+](C)(C)C)OC(=O)CCCCCCCCC/C=C/CCCCCCCCCCC. The number of carbonyl (C=O) groups excluding carboxylic acids is 2. The van der Waals surface area contributed by atoms with Gasteiger partial charge in [-0.05, 0) is 83.5 Å². The van der Waals surface area contributed by atoms with Crippen molar-refractivity contribution in [3.05, 3.63) is 85.1 Å². The van der Waals surface area contributed by atoms with Gasteiger partial charge >= 0.3 is 17.9 Å². The molecule has 1 N–H and O–H groups in total. The second-order valence-corrected chi connectivity index (χ2v) is 18.0. The van der Waals surface area contributed by atoms with Crippen molar-refractivity contribution in [3.63, 3.8) is 0 Å². The number of rotatable bonds is 45. The third-order valence-electron chi connectivity index (χ3n) is 11.0. The van der Waals surface area contributed by atoms with Crippen LogP contribution in [0, 0.1) is 0 Å². The second-order valence-electron chi connectivity index (χ2n) is 18.0. The van der Waals surface area contributed by atoms with E-state index in [0.717, 1.165) is 64.2 Å². The lowest BCUT2D eigenvalue weighted by Gasteiger charge is -2.31. The molecule has 0 spiro atoms. The van der Waals surface area contributed by atoms with Crippen molar-refractivity contribution >= 4 is 17.9 Å². The largest absolute Gasteiger partial charge is 0.477 e. The van der Waals surface area contributed by atoms with E-state index in [0.29, 0.717) is 19.3 Å². The molecule has 0 bridgehead atoms. The number of carbonyl (C=O) groups is 3. The van der Waals surface area contributed by atoms with Gasteiger partial charge in [0.05, 0.1) is 34.4 Å². The van der Waals surface area contributed by atoms with Crippen LogP contribution in [0.4, 0.5) is 0 Å². The van der Waals surface area contributed by atoms with Gasteiger partial charge in [-0.2, -0.15) is 0 Å². The fourth-order valence-electron chi connectivity index (χ4n) is 7.10. The van der Waals surface area contributed by atoms with Gasteiger partial charge in [-0.3, -0.25) is 9.59 Å². The highest BCUT2D eigenvalue weighted by molar-refractivity contribution is 5.72. The first-order valence-corrected chi connectivity index (χ1v) is 25.6. The summed E-state index contributed by atoms with van der Waals surface area (Å²) in [7, 11) is 5.51. The lowest BCUT2D eigenvalue weighted by Crippen LogP contribution is -2.50. The fraction of sp³-hybridized carbons (Fsp3) is 0.696. The first-order chi connectivity index (χ1) is 31.1. The van der Waals surface area contributed by atoms with Crippen LogP contribution >= 0.6 is 0 Å². The molecular formula is C56H96NO7+. The Kier molecular flexibility index (Phi) is 43.5. The first kappa shape index (κ1) is 60.5. The summed E-state index contributed by atoms with van der Waals surface area (Å²) < 4.78 is 17.3. The Morgan fingerprint density at radius 2 is 0.891 bits per heavy atom. The van der Waals surface area contributed by atoms with Crippen LogP contribution in [0.1, 0.15) is 200 Å². The Morgan fingerprint density at radius 1 is 0.484 bits per heavy atom. The van der Waals surface area contributed by atoms with Crippen LogP contribution in [0.3, 0.4) is 0 Å². The Labute approximate surface area is 393 Å². The molecule has 64 heavy (non-hydrogen) atoms. The highest BCUT2D eigenvalue weighted by Gasteiger charge is 2.31. The summed E-state index contributed by atoms with van der Waals surface area (Å²) in [5.41, 5.74) is 0. The molecule has 0 amide bonds. The van der Waals surface area contributed by atoms with Crippen molar-refractivity contribution in [1.29, 1.82) is 0 Å². The standard InChI is InChI=1S/C56H95NO7/c1-6-8-10-12-14-16-18-20-22-24-26-28-30-32-34-36-38-40-42-44-46-54(58)63-51-52(50-62-49-48-53(56(60)61)57(3,4)5)64-55(59)47-45-43-41-39-37-35-33-31-29-27-25-23-21-19-17-15-13-11-9-7-2/h8,10,14,16,20,22,26-29,32,34,38,40,52-53H,6-7,9,11-13,15,17-19,21,23-25,30-31,33,35-37,39,41-51H2,1-5H3/p+1/b10-8+,16-14+,22-20+,28-26+,29-27+,34-32+,40-38+. The summed E-state index contributed by atoms with van der Waals surface area (Å²) in [4.78, 5) is 37.1. The van der Waals surface area contributed by atoms with Gasteiger partial charge < -0.3 is 23.8 Å². The lowest BCUT2D eigenvalue weighted by atomic mass is 10.1. The van der Waals surface area contributed by atoms with Crippen LogP contribution < -0.4 is 0 Å². The van der Waals surface area contributed by atoms with E-state index in [1.807, 2.05) is 21.1 Å². The van der Waals surface area contributed by atoms with Gasteiger partial charge in [0.15, 0.2) is 12.1 Å². The molecule has 0 radical (unpaired) electrons. The smallest absolute Gasteiger partial charge is 0.362 e. The van der Waals surface area contributed by atoms with Gasteiger partial charge in [0.2, 0.25) is 0 Å². The summed E-state index contributed by atoms with van der Waals surface area (Å²) in [6, 6.07) is -0.629. The number of allylic oxidation sites excluding steroid dienone is 14. The van der Waals surface area contributed by atoms with E-state index >= 15 is 0 Å². The Bertz CT molecular complexity index is 1320. The number of carboxylic acids is 1. The molecule has 8 heteroatoms. The summed E-state index contributed by atoms with van der Waals surface area (Å²) in [5, 5.41) is 9.65. The van der Waals surface area contributed by atoms with Gasteiger partial charge in [0.25, 0.3) is 0 Å². The van der Waals surface area contributed by atoms with Gasteiger partial charge in [0, 0.05) is 19.3 Å². The maximum atomic E-state index is 12.8. The van der Waals surface area contributed by atoms with Crippen LogP contribution in [-0.4, -0.2) is 80.6 Å². The molecule has 0 saturated carbocycles. The zero-order valence-electron chi connectivity index (χ0n) is 41.7. The molecule has 0 aliphatic rings. The number of esters is 2. The van der Waals surface area contributed by atoms with Gasteiger partial charge in [-0.15, -0.1) is 0 Å². The van der Waals surface area contributed by atoms with Crippen molar-refractivity contribution in [2.24, 2.45) is 0 Å². The molecule has 8 nitrogen and oxygen atoms in total. The summed E-state index contributed by atoms with van der Waals surface area (Å²) in [5.74, 6) is -1.55. The van der Waals surface area contributed by atoms with Gasteiger partial charge in [-0.1, -0.05) is 182 Å². The molecule has 0 heterocycles. The van der Waals surface area contributed by atoms with Crippen LogP contribution in [0.25, 0.3) is 0 Å². The third kappa shape index (κ3) is 43.7. The minimum Gasteiger partial charge on any atom is -0.477 e. The van der Waals surface area contributed by atoms with Gasteiger partial charge in [0.1, 0.15) is 6.61 Å². The van der Waals surface area contributed by atoms with E-state index in [4.69, 9.17) is 14.2 Å². The number of nitrogens with zero attached hydrogens (tertiary/aromatic N) is 1. The van der Waals surface area contributed by atoms with Crippen LogP contribution in [-0.2, 0) is 28.6 Å². The normalized spacial score (nSPS) is 13.6. The number of quaternary nitrogens is 1. The maximum absolute atomic E-state index is 12.8. The quantitative estimate of drug-likeness (QED) is 0.0281. The van der Waals surface area contributed by atoms with Gasteiger partial charge in [-0.25, -0.2) is 4.79 Å². The maximum Gasteiger partial charge on any atom is 0.362 e. The Balaban J connectivity index is 4.37. The molecule has 366 valence electrons. The highest BCUT2D eigenvalue weighted by atomic mass is 16.6. The molecule has 2 atom stereocenters. The van der Waals surface area contributed by atoms with E-state index in [1.165, 1.54) is 96.3 Å². The van der Waals surface area contributed by atoms with Crippen LogP contribution in [0.2, 0.25) is 0 Å². The molecule has 0 saturated heterocycles. The van der Waals surface area contributed by atoms with E-state index in [-0.39, 0.29) is 42.7 Å². The molecule has 0 fully saturated rings. The minimum absolute atomic E-state index is 0.0372. The van der Waals surface area contributed by atoms with Crippen molar-refractivity contribution in [2.75, 3.05) is 41.0 Å². The summed E-state index contributed by atoms with van der Waals surface area (Å²) in [6.07, 6.45) is 60.7. The lowest BCUT2D eigenvalue weighted by molar-refractivity contribution is -0.887. The average molecular weight is 895 g/mol. The van der Waals surface area contributed by atoms with Crippen molar-refractivity contribution in [1.82, 2.24) is 0 Å². The second kappa shape index (κ2) is 46.1. The molecule has 0 aromatic rings. The molecule has 0 aliphatic carbocycles. The Morgan fingerprint density at radius 3 is 1.36 bits per heavy atom. The van der Waals surface area contributed by atoms with Crippen molar-refractivity contribution < 1.29 is 38.2 Å². The van der Waals surface area contributed by atoms with Crippen LogP contribution in [0.5, 0.6) is 0 Å². The van der Waals surface area contributed by atoms with E-state index in [9.17, 15) is 19.5 Å². The summed E-state index contributed by atoms with van der Waals surface area (Å²) in [6.45, 7) is 4.56. The number of hydrogen-bond donors (Lipinski definition) is 1. The monoisotopic (exact) mass is 895 g/mol. The summed E-state index contributed by atoms with van der Waals surface area (Å²) >= 11 is 0. The molecule has 2 unspecified atom stereocenters. The predicted octanol–water partition coefficient (Wildman–Crippen LogP) is 14.9. The number of likely N-dealkylation sites (N-methyl/N-ethyl adjacent to an activating group) is 1. The molecule has 0 aromatic carbocycles. The van der Waals surface area contributed by atoms with Crippen LogP contribution in [0.15, 0.2) is 85.1 Å². The molecule has 0 aliphatic heterocycles. The zero-order valence-corrected chi connectivity index (χ0v) is 41.7. The number of unbranched alkanes of at least 4 members (excludes halogenated alkanes) is 17. The van der Waals surface area contributed by atoms with E-state index in [2.05, 4.69) is 98.9 Å². The number of aliphatic carboxylic acids is 1. The van der Waals surface area contributed by atoms with Crippen molar-refractivity contribution in [2.45, 2.75) is 212 Å². The average Bonchev–Trinajstić information content (AvgIpc) is 3.26. The van der Waals surface area contributed by atoms with E-state index in [1.54, 1.807) is 0 Å². The molecule has 0 aromatic heterocycles. The van der Waals surface area contributed by atoms with E-state index < -0.39 is 18.1 Å². The fourth-order valence-corrected chi connectivity index (χ4v) is 7.10. The molecular weight excluding hydrogens is 799 g/mol. The topological polar surface area (TPSA) is 99.1 Å². The zero-order chi connectivity index (χ0) is 47.0. The van der Waals surface area contributed by atoms with Crippen molar-refractivity contribution in [3.8, 4) is 0 Å².